The number of aliphatic hydroxyl groups is 1. The number of methoxy groups -OCH3 is 1. The summed E-state index contributed by atoms with van der Waals surface area (Å²) in [6.45, 7) is 6.31. The van der Waals surface area contributed by atoms with Crippen molar-refractivity contribution in [3.63, 3.8) is 0 Å². The van der Waals surface area contributed by atoms with Gasteiger partial charge in [-0.05, 0) is 32.3 Å². The molecule has 1 aromatic rings. The van der Waals surface area contributed by atoms with Crippen LogP contribution in [0.5, 0.6) is 0 Å². The minimum absolute atomic E-state index is 0.0844. The lowest BCUT2D eigenvalue weighted by atomic mass is 10.1. The summed E-state index contributed by atoms with van der Waals surface area (Å²) in [5.41, 5.74) is 0.956. The first kappa shape index (κ1) is 15.2. The predicted octanol–water partition coefficient (Wildman–Crippen LogP) is 2.57. The average Bonchev–Trinajstić information content (AvgIpc) is 2.78. The van der Waals surface area contributed by atoms with Crippen LogP contribution in [-0.2, 0) is 11.2 Å². The van der Waals surface area contributed by atoms with Gasteiger partial charge in [0.15, 0.2) is 0 Å². The van der Waals surface area contributed by atoms with Gasteiger partial charge in [-0.15, -0.1) is 0 Å². The molecule has 18 heavy (non-hydrogen) atoms. The van der Waals surface area contributed by atoms with Gasteiger partial charge < -0.3 is 9.84 Å². The molecular weight excluding hydrogens is 228 g/mol. The standard InChI is InChI=1S/C14H26N2O2/c1-5-13(6-2)16-8-7-12(15-16)10-14(17)9-11(3)18-4/h7-8,11,13-14,17H,5-6,9-10H2,1-4H3. The third kappa shape index (κ3) is 4.42. The lowest BCUT2D eigenvalue weighted by Gasteiger charge is -2.15. The van der Waals surface area contributed by atoms with E-state index in [9.17, 15) is 5.11 Å². The highest BCUT2D eigenvalue weighted by atomic mass is 16.5. The SMILES string of the molecule is CCC(CC)n1ccc(CC(O)CC(C)OC)n1. The van der Waals surface area contributed by atoms with E-state index in [1.165, 1.54) is 0 Å². The molecule has 4 nitrogen and oxygen atoms in total. The molecule has 0 aliphatic heterocycles. The summed E-state index contributed by atoms with van der Waals surface area (Å²) < 4.78 is 7.17. The molecule has 0 bridgehead atoms. The molecule has 2 atom stereocenters. The van der Waals surface area contributed by atoms with Gasteiger partial charge in [-0.2, -0.15) is 5.10 Å². The van der Waals surface area contributed by atoms with Crippen LogP contribution in [0.2, 0.25) is 0 Å². The van der Waals surface area contributed by atoms with E-state index >= 15 is 0 Å². The van der Waals surface area contributed by atoms with E-state index in [1.807, 2.05) is 23.9 Å². The van der Waals surface area contributed by atoms with Gasteiger partial charge in [0.25, 0.3) is 0 Å². The Morgan fingerprint density at radius 3 is 2.61 bits per heavy atom. The second-order valence-corrected chi connectivity index (χ2v) is 4.90. The Hall–Kier alpha value is -0.870. The van der Waals surface area contributed by atoms with Crippen molar-refractivity contribution in [1.29, 1.82) is 0 Å². The van der Waals surface area contributed by atoms with Crippen LogP contribution in [0.25, 0.3) is 0 Å². The van der Waals surface area contributed by atoms with Crippen molar-refractivity contribution in [2.45, 2.75) is 64.7 Å². The number of hydrogen-bond acceptors (Lipinski definition) is 3. The van der Waals surface area contributed by atoms with Crippen molar-refractivity contribution in [3.8, 4) is 0 Å². The van der Waals surface area contributed by atoms with Crippen molar-refractivity contribution in [2.75, 3.05) is 7.11 Å². The van der Waals surface area contributed by atoms with Gasteiger partial charge in [-0.1, -0.05) is 13.8 Å². The fraction of sp³-hybridized carbons (Fsp3) is 0.786. The molecule has 1 rings (SSSR count). The normalized spacial score (nSPS) is 15.0. The van der Waals surface area contributed by atoms with Gasteiger partial charge >= 0.3 is 0 Å². The first-order valence-corrected chi connectivity index (χ1v) is 6.85. The number of nitrogens with zero attached hydrogens (tertiary/aromatic N) is 2. The van der Waals surface area contributed by atoms with E-state index in [4.69, 9.17) is 4.74 Å². The third-order valence-electron chi connectivity index (χ3n) is 3.43. The molecular formula is C14H26N2O2. The van der Waals surface area contributed by atoms with E-state index in [2.05, 4.69) is 18.9 Å². The van der Waals surface area contributed by atoms with Gasteiger partial charge in [-0.3, -0.25) is 4.68 Å². The Balaban J connectivity index is 2.53. The maximum Gasteiger partial charge on any atom is 0.0650 e. The zero-order chi connectivity index (χ0) is 13.5. The summed E-state index contributed by atoms with van der Waals surface area (Å²) in [4.78, 5) is 0. The molecule has 0 aliphatic rings. The Bertz CT molecular complexity index is 334. The number of aliphatic hydroxyl groups excluding tert-OH is 1. The Morgan fingerprint density at radius 2 is 2.06 bits per heavy atom. The van der Waals surface area contributed by atoms with Crippen LogP contribution in [0.3, 0.4) is 0 Å². The quantitative estimate of drug-likeness (QED) is 0.775. The zero-order valence-electron chi connectivity index (χ0n) is 12.0. The second-order valence-electron chi connectivity index (χ2n) is 4.90. The largest absolute Gasteiger partial charge is 0.393 e. The van der Waals surface area contributed by atoms with E-state index in [-0.39, 0.29) is 12.2 Å². The molecule has 4 heteroatoms. The first-order chi connectivity index (χ1) is 8.60. The monoisotopic (exact) mass is 254 g/mol. The highest BCUT2D eigenvalue weighted by Gasteiger charge is 2.13. The number of hydrogen-bond donors (Lipinski definition) is 1. The average molecular weight is 254 g/mol. The summed E-state index contributed by atoms with van der Waals surface area (Å²) in [6, 6.07) is 2.47. The van der Waals surface area contributed by atoms with Crippen LogP contribution in [0, 0.1) is 0 Å². The minimum atomic E-state index is -0.384. The van der Waals surface area contributed by atoms with Gasteiger partial charge in [0, 0.05) is 19.7 Å². The number of rotatable bonds is 8. The highest BCUT2D eigenvalue weighted by Crippen LogP contribution is 2.15. The predicted molar refractivity (Wildman–Crippen MR) is 72.6 cm³/mol. The van der Waals surface area contributed by atoms with Crippen LogP contribution < -0.4 is 0 Å². The minimum Gasteiger partial charge on any atom is -0.393 e. The summed E-state index contributed by atoms with van der Waals surface area (Å²) in [7, 11) is 1.67. The summed E-state index contributed by atoms with van der Waals surface area (Å²) in [5, 5.41) is 14.5. The van der Waals surface area contributed by atoms with Crippen LogP contribution in [0.1, 0.15) is 51.8 Å². The fourth-order valence-electron chi connectivity index (χ4n) is 2.16. The van der Waals surface area contributed by atoms with Gasteiger partial charge in [0.1, 0.15) is 0 Å². The van der Waals surface area contributed by atoms with E-state index in [0.717, 1.165) is 18.5 Å². The molecule has 0 saturated carbocycles. The molecule has 0 saturated heterocycles. The number of aromatic nitrogens is 2. The van der Waals surface area contributed by atoms with Gasteiger partial charge in [0.05, 0.1) is 23.9 Å². The van der Waals surface area contributed by atoms with Crippen molar-refractivity contribution in [1.82, 2.24) is 9.78 Å². The Morgan fingerprint density at radius 1 is 1.39 bits per heavy atom. The summed E-state index contributed by atoms with van der Waals surface area (Å²) >= 11 is 0. The maximum absolute atomic E-state index is 9.94. The van der Waals surface area contributed by atoms with Crippen LogP contribution in [-0.4, -0.2) is 34.2 Å². The van der Waals surface area contributed by atoms with Crippen LogP contribution >= 0.6 is 0 Å². The molecule has 0 amide bonds. The Kier molecular flexibility index (Phi) is 6.36. The molecule has 1 heterocycles. The highest BCUT2D eigenvalue weighted by molar-refractivity contribution is 5.01. The van der Waals surface area contributed by atoms with Crippen LogP contribution in [0.4, 0.5) is 0 Å². The van der Waals surface area contributed by atoms with Gasteiger partial charge in [-0.25, -0.2) is 0 Å². The van der Waals surface area contributed by atoms with E-state index in [0.29, 0.717) is 18.9 Å². The molecule has 104 valence electrons. The second kappa shape index (κ2) is 7.54. The molecule has 2 unspecified atom stereocenters. The summed E-state index contributed by atoms with van der Waals surface area (Å²) in [5.74, 6) is 0. The smallest absolute Gasteiger partial charge is 0.0650 e. The maximum atomic E-state index is 9.94. The molecule has 0 fully saturated rings. The van der Waals surface area contributed by atoms with Crippen molar-refractivity contribution >= 4 is 0 Å². The molecule has 0 radical (unpaired) electrons. The molecule has 1 aromatic heterocycles. The zero-order valence-corrected chi connectivity index (χ0v) is 12.0. The molecule has 0 aliphatic carbocycles. The number of ether oxygens (including phenoxy) is 1. The first-order valence-electron chi connectivity index (χ1n) is 6.85. The lowest BCUT2D eigenvalue weighted by molar-refractivity contribution is 0.0561. The van der Waals surface area contributed by atoms with Crippen molar-refractivity contribution in [3.05, 3.63) is 18.0 Å². The van der Waals surface area contributed by atoms with Crippen molar-refractivity contribution < 1.29 is 9.84 Å². The van der Waals surface area contributed by atoms with E-state index in [1.54, 1.807) is 7.11 Å². The Labute approximate surface area is 110 Å². The van der Waals surface area contributed by atoms with Gasteiger partial charge in [0.2, 0.25) is 0 Å². The molecule has 1 N–H and O–H groups in total. The summed E-state index contributed by atoms with van der Waals surface area (Å²) in [6.07, 6.45) is 5.13. The van der Waals surface area contributed by atoms with E-state index < -0.39 is 0 Å². The molecule has 0 spiro atoms. The topological polar surface area (TPSA) is 47.3 Å². The molecule has 0 aromatic carbocycles. The van der Waals surface area contributed by atoms with Crippen LogP contribution in [0.15, 0.2) is 12.3 Å². The fourth-order valence-corrected chi connectivity index (χ4v) is 2.16. The van der Waals surface area contributed by atoms with Crippen molar-refractivity contribution in [2.24, 2.45) is 0 Å². The lowest BCUT2D eigenvalue weighted by Crippen LogP contribution is -2.19. The third-order valence-corrected chi connectivity index (χ3v) is 3.43.